The second kappa shape index (κ2) is 2.21. The molecule has 0 radical (unpaired) electrons. The standard InChI is InChI=1S/C6H12N4/c1-4-9-6(8)5(7)3-10(4)2/h3-4H,7H2,1-2H3,(H2,8,9). The summed E-state index contributed by atoms with van der Waals surface area (Å²) >= 11 is 0. The third kappa shape index (κ3) is 1.05. The average Bonchev–Trinajstić information content (AvgIpc) is 1.84. The van der Waals surface area contributed by atoms with Crippen LogP contribution in [0.15, 0.2) is 16.9 Å². The van der Waals surface area contributed by atoms with Crippen LogP contribution in [-0.2, 0) is 0 Å². The Labute approximate surface area is 60.2 Å². The maximum Gasteiger partial charge on any atom is 0.145 e. The summed E-state index contributed by atoms with van der Waals surface area (Å²) in [5.41, 5.74) is 11.5. The summed E-state index contributed by atoms with van der Waals surface area (Å²) in [6.07, 6.45) is 1.89. The van der Waals surface area contributed by atoms with Gasteiger partial charge in [0, 0.05) is 13.2 Å². The molecule has 0 bridgehead atoms. The normalized spacial score (nSPS) is 25.8. The summed E-state index contributed by atoms with van der Waals surface area (Å²) in [6, 6.07) is 0. The van der Waals surface area contributed by atoms with Crippen molar-refractivity contribution in [2.75, 3.05) is 7.05 Å². The van der Waals surface area contributed by atoms with E-state index in [9.17, 15) is 0 Å². The van der Waals surface area contributed by atoms with Crippen molar-refractivity contribution < 1.29 is 0 Å². The van der Waals surface area contributed by atoms with Gasteiger partial charge in [-0.1, -0.05) is 0 Å². The molecule has 0 spiro atoms. The topological polar surface area (TPSA) is 67.6 Å². The van der Waals surface area contributed by atoms with Gasteiger partial charge in [-0.2, -0.15) is 0 Å². The molecule has 4 heteroatoms. The van der Waals surface area contributed by atoms with E-state index in [1.165, 1.54) is 0 Å². The molecule has 1 atom stereocenters. The molecule has 1 aliphatic rings. The van der Waals surface area contributed by atoms with E-state index in [4.69, 9.17) is 11.5 Å². The number of amidine groups is 1. The highest BCUT2D eigenvalue weighted by Crippen LogP contribution is 2.05. The molecular formula is C6H12N4. The molecule has 0 aromatic heterocycles. The zero-order valence-electron chi connectivity index (χ0n) is 6.20. The number of hydrogen-bond donors (Lipinski definition) is 2. The van der Waals surface area contributed by atoms with Crippen LogP contribution in [0, 0.1) is 0 Å². The molecule has 0 amide bonds. The zero-order valence-corrected chi connectivity index (χ0v) is 6.20. The Morgan fingerprint density at radius 3 is 2.70 bits per heavy atom. The van der Waals surface area contributed by atoms with Crippen molar-refractivity contribution >= 4 is 5.84 Å². The third-order valence-corrected chi connectivity index (χ3v) is 1.55. The van der Waals surface area contributed by atoms with Gasteiger partial charge in [0.15, 0.2) is 0 Å². The average molecular weight is 140 g/mol. The maximum absolute atomic E-state index is 5.49. The minimum atomic E-state index is 0.104. The van der Waals surface area contributed by atoms with Crippen molar-refractivity contribution in [1.82, 2.24) is 4.90 Å². The smallest absolute Gasteiger partial charge is 0.145 e. The highest BCUT2D eigenvalue weighted by molar-refractivity contribution is 5.96. The lowest BCUT2D eigenvalue weighted by Gasteiger charge is -2.24. The number of rotatable bonds is 0. The largest absolute Gasteiger partial charge is 0.395 e. The molecule has 0 aliphatic carbocycles. The van der Waals surface area contributed by atoms with Crippen LogP contribution in [0.2, 0.25) is 0 Å². The Kier molecular flexibility index (Phi) is 1.53. The first kappa shape index (κ1) is 6.92. The SMILES string of the molecule is CC1N=C(N)C(N)=CN1C. The Morgan fingerprint density at radius 2 is 2.20 bits per heavy atom. The summed E-state index contributed by atoms with van der Waals surface area (Å²) in [6.45, 7) is 1.95. The Bertz CT molecular complexity index is 172. The second-order valence-corrected chi connectivity index (χ2v) is 2.40. The quantitative estimate of drug-likeness (QED) is 0.473. The minimum absolute atomic E-state index is 0.104. The molecule has 1 heterocycles. The monoisotopic (exact) mass is 140 g/mol. The van der Waals surface area contributed by atoms with Gasteiger partial charge in [-0.25, -0.2) is 4.99 Å². The van der Waals surface area contributed by atoms with Crippen molar-refractivity contribution in [3.63, 3.8) is 0 Å². The summed E-state index contributed by atoms with van der Waals surface area (Å²) < 4.78 is 0. The van der Waals surface area contributed by atoms with Crippen molar-refractivity contribution in [2.45, 2.75) is 13.1 Å². The molecule has 0 aromatic rings. The zero-order chi connectivity index (χ0) is 7.72. The van der Waals surface area contributed by atoms with Gasteiger partial charge in [-0.3, -0.25) is 0 Å². The van der Waals surface area contributed by atoms with Gasteiger partial charge in [-0.05, 0) is 6.92 Å². The van der Waals surface area contributed by atoms with E-state index in [0.717, 1.165) is 0 Å². The predicted molar refractivity (Wildman–Crippen MR) is 41.1 cm³/mol. The molecule has 4 nitrogen and oxygen atoms in total. The Morgan fingerprint density at radius 1 is 1.60 bits per heavy atom. The van der Waals surface area contributed by atoms with Gasteiger partial charge < -0.3 is 16.4 Å². The first-order valence-electron chi connectivity index (χ1n) is 3.14. The van der Waals surface area contributed by atoms with Gasteiger partial charge in [-0.15, -0.1) is 0 Å². The van der Waals surface area contributed by atoms with Gasteiger partial charge in [0.1, 0.15) is 12.0 Å². The van der Waals surface area contributed by atoms with Crippen LogP contribution in [0.4, 0.5) is 0 Å². The molecule has 1 aliphatic heterocycles. The summed E-state index contributed by atoms with van der Waals surface area (Å²) in [5, 5.41) is 0. The van der Waals surface area contributed by atoms with E-state index >= 15 is 0 Å². The van der Waals surface area contributed by atoms with Gasteiger partial charge in [0.2, 0.25) is 0 Å². The van der Waals surface area contributed by atoms with Crippen LogP contribution in [-0.4, -0.2) is 23.9 Å². The molecule has 56 valence electrons. The summed E-state index contributed by atoms with van der Waals surface area (Å²) in [5.74, 6) is 0.436. The Hall–Kier alpha value is -1.19. The number of nitrogens with two attached hydrogens (primary N) is 2. The van der Waals surface area contributed by atoms with E-state index in [-0.39, 0.29) is 6.17 Å². The molecule has 0 saturated heterocycles. The maximum atomic E-state index is 5.49. The van der Waals surface area contributed by atoms with Crippen LogP contribution in [0.5, 0.6) is 0 Å². The lowest BCUT2D eigenvalue weighted by molar-refractivity contribution is 0.355. The number of hydrogen-bond acceptors (Lipinski definition) is 4. The van der Waals surface area contributed by atoms with Gasteiger partial charge in [0.25, 0.3) is 0 Å². The molecule has 0 aromatic carbocycles. The van der Waals surface area contributed by atoms with Crippen LogP contribution >= 0.6 is 0 Å². The molecule has 10 heavy (non-hydrogen) atoms. The first-order chi connectivity index (χ1) is 4.61. The fourth-order valence-corrected chi connectivity index (χ4v) is 0.760. The van der Waals surface area contributed by atoms with E-state index in [2.05, 4.69) is 4.99 Å². The van der Waals surface area contributed by atoms with E-state index in [1.807, 2.05) is 18.9 Å². The van der Waals surface area contributed by atoms with Gasteiger partial charge in [0.05, 0.1) is 5.70 Å². The highest BCUT2D eigenvalue weighted by atomic mass is 15.2. The van der Waals surface area contributed by atoms with Crippen LogP contribution in [0.1, 0.15) is 6.92 Å². The van der Waals surface area contributed by atoms with Crippen molar-refractivity contribution in [3.05, 3.63) is 11.9 Å². The third-order valence-electron chi connectivity index (χ3n) is 1.55. The molecule has 4 N–H and O–H groups in total. The van der Waals surface area contributed by atoms with Crippen LogP contribution in [0.25, 0.3) is 0 Å². The lowest BCUT2D eigenvalue weighted by Crippen LogP contribution is -2.35. The molecule has 0 fully saturated rings. The molecular weight excluding hydrogens is 128 g/mol. The van der Waals surface area contributed by atoms with Crippen molar-refractivity contribution in [3.8, 4) is 0 Å². The molecule has 1 rings (SSSR count). The van der Waals surface area contributed by atoms with Crippen LogP contribution < -0.4 is 11.5 Å². The highest BCUT2D eigenvalue weighted by Gasteiger charge is 2.11. The molecule has 1 unspecified atom stereocenters. The van der Waals surface area contributed by atoms with E-state index < -0.39 is 0 Å². The lowest BCUT2D eigenvalue weighted by atomic mass is 10.3. The fourth-order valence-electron chi connectivity index (χ4n) is 0.760. The minimum Gasteiger partial charge on any atom is -0.395 e. The predicted octanol–water partition coefficient (Wildman–Crippen LogP) is -0.565. The first-order valence-corrected chi connectivity index (χ1v) is 3.14. The van der Waals surface area contributed by atoms with E-state index in [0.29, 0.717) is 11.5 Å². The van der Waals surface area contributed by atoms with Gasteiger partial charge >= 0.3 is 0 Å². The van der Waals surface area contributed by atoms with Crippen LogP contribution in [0.3, 0.4) is 0 Å². The summed E-state index contributed by atoms with van der Waals surface area (Å²) in [4.78, 5) is 5.98. The second-order valence-electron chi connectivity index (χ2n) is 2.40. The van der Waals surface area contributed by atoms with E-state index in [1.54, 1.807) is 6.20 Å². The number of aliphatic imine (C=N–C) groups is 1. The fraction of sp³-hybridized carbons (Fsp3) is 0.500. The van der Waals surface area contributed by atoms with Crippen molar-refractivity contribution in [2.24, 2.45) is 16.5 Å². The Balaban J connectivity index is 2.83. The summed E-state index contributed by atoms with van der Waals surface area (Å²) in [7, 11) is 1.91. The number of nitrogens with zero attached hydrogens (tertiary/aromatic N) is 2. The van der Waals surface area contributed by atoms with Crippen molar-refractivity contribution in [1.29, 1.82) is 0 Å². The molecule has 0 saturated carbocycles.